The first-order valence-electron chi connectivity index (χ1n) is 8.42. The van der Waals surface area contributed by atoms with Crippen LogP contribution in [0.25, 0.3) is 6.08 Å². The highest BCUT2D eigenvalue weighted by atomic mass is 32.1. The Hall–Kier alpha value is -2.68. The average Bonchev–Trinajstić information content (AvgIpc) is 3.01. The van der Waals surface area contributed by atoms with Crippen molar-refractivity contribution >= 4 is 29.3 Å². The van der Waals surface area contributed by atoms with E-state index in [0.717, 1.165) is 22.5 Å². The Labute approximate surface area is 163 Å². The summed E-state index contributed by atoms with van der Waals surface area (Å²) in [6.07, 6.45) is -1.41. The number of hydrogen-bond donors (Lipinski definition) is 0. The fourth-order valence-electron chi connectivity index (χ4n) is 3.06. The molecule has 5 nitrogen and oxygen atoms in total. The molecule has 1 aliphatic heterocycles. The number of hydrogen-bond acceptors (Lipinski definition) is 5. The number of halogens is 3. The number of fused-ring (bicyclic) bond motifs is 1. The van der Waals surface area contributed by atoms with Crippen molar-refractivity contribution in [2.75, 3.05) is 0 Å². The Bertz CT molecular complexity index is 937. The Morgan fingerprint density at radius 3 is 2.68 bits per heavy atom. The molecule has 1 amide bonds. The minimum absolute atomic E-state index is 0.147. The summed E-state index contributed by atoms with van der Waals surface area (Å²) in [5.74, 6) is -0.943. The number of esters is 1. The first-order valence-corrected chi connectivity index (χ1v) is 9.23. The zero-order valence-corrected chi connectivity index (χ0v) is 15.9. The molecule has 0 aliphatic carbocycles. The van der Waals surface area contributed by atoms with Crippen LogP contribution in [0.5, 0.6) is 0 Å². The highest BCUT2D eigenvalue weighted by molar-refractivity contribution is 7.11. The molecule has 0 saturated heterocycles. The summed E-state index contributed by atoms with van der Waals surface area (Å²) in [7, 11) is 0. The standard InChI is InChI=1S/C19H17F3N2O3S/c1-11-23-18(19(20,21)22)16(28-11)10-27-17(26)9-15-14-6-4-3-5-13(14)7-8-24(15)12(2)25/h3-8,15H,9-10H2,1-2H3/t15-/m1/s1. The van der Waals surface area contributed by atoms with E-state index >= 15 is 0 Å². The molecule has 0 saturated carbocycles. The maximum atomic E-state index is 13.0. The second-order valence-corrected chi connectivity index (χ2v) is 7.54. The lowest BCUT2D eigenvalue weighted by Crippen LogP contribution is -2.32. The van der Waals surface area contributed by atoms with E-state index in [-0.39, 0.29) is 22.2 Å². The molecule has 2 heterocycles. The number of carbonyl (C=O) groups is 2. The maximum absolute atomic E-state index is 13.0. The van der Waals surface area contributed by atoms with Crippen molar-refractivity contribution in [3.8, 4) is 0 Å². The largest absolute Gasteiger partial charge is 0.460 e. The molecule has 3 rings (SSSR count). The number of carbonyl (C=O) groups excluding carboxylic acids is 2. The van der Waals surface area contributed by atoms with E-state index in [4.69, 9.17) is 4.74 Å². The second-order valence-electron chi connectivity index (χ2n) is 6.25. The van der Waals surface area contributed by atoms with Crippen LogP contribution in [-0.2, 0) is 27.1 Å². The molecule has 28 heavy (non-hydrogen) atoms. The molecule has 0 bridgehead atoms. The van der Waals surface area contributed by atoms with Crippen LogP contribution in [0.15, 0.2) is 30.5 Å². The number of aromatic nitrogens is 1. The fraction of sp³-hybridized carbons (Fsp3) is 0.316. The minimum atomic E-state index is -4.61. The van der Waals surface area contributed by atoms with Gasteiger partial charge in [0.25, 0.3) is 0 Å². The van der Waals surface area contributed by atoms with Gasteiger partial charge in [0.15, 0.2) is 5.69 Å². The molecule has 0 N–H and O–H groups in total. The van der Waals surface area contributed by atoms with Crippen molar-refractivity contribution in [3.63, 3.8) is 0 Å². The molecule has 1 atom stereocenters. The Morgan fingerprint density at radius 1 is 1.29 bits per heavy atom. The van der Waals surface area contributed by atoms with Gasteiger partial charge in [0.05, 0.1) is 22.3 Å². The molecule has 0 unspecified atom stereocenters. The molecule has 1 aromatic heterocycles. The zero-order valence-electron chi connectivity index (χ0n) is 15.1. The summed E-state index contributed by atoms with van der Waals surface area (Å²) >= 11 is 0.839. The van der Waals surface area contributed by atoms with Gasteiger partial charge in [-0.2, -0.15) is 13.2 Å². The molecule has 2 aromatic rings. The lowest BCUT2D eigenvalue weighted by Gasteiger charge is -2.32. The van der Waals surface area contributed by atoms with Crippen LogP contribution < -0.4 is 0 Å². The molecule has 0 fully saturated rings. The van der Waals surface area contributed by atoms with Crippen molar-refractivity contribution in [2.24, 2.45) is 0 Å². The van der Waals surface area contributed by atoms with E-state index in [9.17, 15) is 22.8 Å². The van der Waals surface area contributed by atoms with Gasteiger partial charge in [-0.3, -0.25) is 9.59 Å². The van der Waals surface area contributed by atoms with Crippen LogP contribution >= 0.6 is 11.3 Å². The molecule has 0 spiro atoms. The summed E-state index contributed by atoms with van der Waals surface area (Å²) in [6, 6.07) is 6.73. The van der Waals surface area contributed by atoms with E-state index in [2.05, 4.69) is 4.98 Å². The smallest absolute Gasteiger partial charge is 0.434 e. The topological polar surface area (TPSA) is 59.5 Å². The number of alkyl halides is 3. The third-order valence-electron chi connectivity index (χ3n) is 4.27. The van der Waals surface area contributed by atoms with Crippen LogP contribution in [-0.4, -0.2) is 21.8 Å². The SMILES string of the molecule is CC(=O)N1C=Cc2ccccc2[C@H]1CC(=O)OCc1sc(C)nc1C(F)(F)F. The summed E-state index contributed by atoms with van der Waals surface area (Å²) in [6.45, 7) is 2.33. The lowest BCUT2D eigenvalue weighted by atomic mass is 9.94. The predicted octanol–water partition coefficient (Wildman–Crippen LogP) is 4.48. The third kappa shape index (κ3) is 4.24. The minimum Gasteiger partial charge on any atom is -0.460 e. The summed E-state index contributed by atoms with van der Waals surface area (Å²) < 4.78 is 44.1. The third-order valence-corrected chi connectivity index (χ3v) is 5.21. The van der Waals surface area contributed by atoms with Gasteiger partial charge in [0.1, 0.15) is 6.61 Å². The second kappa shape index (κ2) is 7.75. The Morgan fingerprint density at radius 2 is 2.00 bits per heavy atom. The van der Waals surface area contributed by atoms with E-state index in [1.54, 1.807) is 24.4 Å². The van der Waals surface area contributed by atoms with Crippen LogP contribution in [0.2, 0.25) is 0 Å². The van der Waals surface area contributed by atoms with Crippen molar-refractivity contribution in [1.29, 1.82) is 0 Å². The quantitative estimate of drug-likeness (QED) is 0.698. The van der Waals surface area contributed by atoms with Gasteiger partial charge in [0.2, 0.25) is 5.91 Å². The van der Waals surface area contributed by atoms with Gasteiger partial charge < -0.3 is 9.64 Å². The maximum Gasteiger partial charge on any atom is 0.434 e. The van der Waals surface area contributed by atoms with Crippen LogP contribution in [0.1, 0.15) is 46.1 Å². The molecule has 0 radical (unpaired) electrons. The van der Waals surface area contributed by atoms with Gasteiger partial charge >= 0.3 is 12.1 Å². The molecule has 1 aromatic carbocycles. The molecular weight excluding hydrogens is 393 g/mol. The number of ether oxygens (including phenoxy) is 1. The molecular formula is C19H17F3N2O3S. The van der Waals surface area contributed by atoms with E-state index in [0.29, 0.717) is 0 Å². The number of nitrogens with zero attached hydrogens (tertiary/aromatic N) is 2. The van der Waals surface area contributed by atoms with Crippen LogP contribution in [0, 0.1) is 6.92 Å². The Balaban J connectivity index is 1.74. The summed E-state index contributed by atoms with van der Waals surface area (Å²) in [5, 5.41) is 0.243. The van der Waals surface area contributed by atoms with Crippen LogP contribution in [0.3, 0.4) is 0 Å². The van der Waals surface area contributed by atoms with Gasteiger partial charge in [-0.25, -0.2) is 4.98 Å². The first kappa shape index (κ1) is 20.1. The number of amides is 1. The predicted molar refractivity (Wildman–Crippen MR) is 97.0 cm³/mol. The number of aryl methyl sites for hydroxylation is 1. The molecule has 1 aliphatic rings. The summed E-state index contributed by atoms with van der Waals surface area (Å²) in [5.41, 5.74) is 0.621. The lowest BCUT2D eigenvalue weighted by molar-refractivity contribution is -0.150. The van der Waals surface area contributed by atoms with Crippen molar-refractivity contribution in [3.05, 3.63) is 57.2 Å². The Kier molecular flexibility index (Phi) is 5.55. The average molecular weight is 410 g/mol. The number of rotatable bonds is 4. The van der Waals surface area contributed by atoms with E-state index < -0.39 is 30.5 Å². The van der Waals surface area contributed by atoms with Crippen molar-refractivity contribution in [1.82, 2.24) is 9.88 Å². The van der Waals surface area contributed by atoms with Crippen LogP contribution in [0.4, 0.5) is 13.2 Å². The van der Waals surface area contributed by atoms with Gasteiger partial charge in [-0.1, -0.05) is 24.3 Å². The summed E-state index contributed by atoms with van der Waals surface area (Å²) in [4.78, 5) is 29.0. The van der Waals surface area contributed by atoms with Crippen molar-refractivity contribution < 1.29 is 27.5 Å². The van der Waals surface area contributed by atoms with Gasteiger partial charge in [0, 0.05) is 13.1 Å². The van der Waals surface area contributed by atoms with Gasteiger partial charge in [-0.15, -0.1) is 11.3 Å². The number of benzene rings is 1. The van der Waals surface area contributed by atoms with E-state index in [1.807, 2.05) is 12.1 Å². The highest BCUT2D eigenvalue weighted by Crippen LogP contribution is 2.36. The monoisotopic (exact) mass is 410 g/mol. The van der Waals surface area contributed by atoms with E-state index in [1.165, 1.54) is 18.7 Å². The molecule has 9 heteroatoms. The zero-order chi connectivity index (χ0) is 20.5. The fourth-order valence-corrected chi connectivity index (χ4v) is 3.93. The highest BCUT2D eigenvalue weighted by Gasteiger charge is 2.37. The molecule has 148 valence electrons. The van der Waals surface area contributed by atoms with Gasteiger partial charge in [-0.05, 0) is 24.1 Å². The normalized spacial score (nSPS) is 16.0. The van der Waals surface area contributed by atoms with Crippen molar-refractivity contribution in [2.45, 2.75) is 39.1 Å². The number of thiazole rings is 1. The first-order chi connectivity index (χ1) is 13.2.